The van der Waals surface area contributed by atoms with Crippen LogP contribution in [-0.4, -0.2) is 12.9 Å². The third kappa shape index (κ3) is 2.48. The molecule has 0 aliphatic rings. The number of ketones is 1. The van der Waals surface area contributed by atoms with Crippen molar-refractivity contribution in [2.24, 2.45) is 0 Å². The molecule has 88 valence electrons. The lowest BCUT2D eigenvalue weighted by Gasteiger charge is -2.13. The highest BCUT2D eigenvalue weighted by Gasteiger charge is 2.25. The van der Waals surface area contributed by atoms with Crippen molar-refractivity contribution in [3.8, 4) is 0 Å². The minimum Gasteiger partial charge on any atom is -0.460 e. The monoisotopic (exact) mass is 294 g/mol. The predicted molar refractivity (Wildman–Crippen MR) is 66.9 cm³/mol. The molecule has 17 heavy (non-hydrogen) atoms. The van der Waals surface area contributed by atoms with Crippen LogP contribution in [-0.2, 0) is 4.74 Å². The normalized spacial score (nSPS) is 12.4. The molecule has 1 heterocycles. The maximum atomic E-state index is 12.2. The molecule has 0 spiro atoms. The zero-order chi connectivity index (χ0) is 12.3. The number of carbonyl (C=O) groups excluding carboxylic acids is 1. The third-order valence-electron chi connectivity index (χ3n) is 2.42. The summed E-state index contributed by atoms with van der Waals surface area (Å²) in [6, 6.07) is 11.0. The summed E-state index contributed by atoms with van der Waals surface area (Å²) >= 11 is 3.27. The van der Waals surface area contributed by atoms with Gasteiger partial charge in [-0.1, -0.05) is 30.3 Å². The van der Waals surface area contributed by atoms with E-state index in [-0.39, 0.29) is 11.5 Å². The van der Waals surface area contributed by atoms with E-state index in [1.54, 1.807) is 6.07 Å². The van der Waals surface area contributed by atoms with Gasteiger partial charge in [0.25, 0.3) is 0 Å². The van der Waals surface area contributed by atoms with Gasteiger partial charge in [-0.3, -0.25) is 4.79 Å². The number of carbonyl (C=O) groups is 1. The molecule has 0 saturated carbocycles. The van der Waals surface area contributed by atoms with Gasteiger partial charge in [-0.05, 0) is 27.6 Å². The highest BCUT2D eigenvalue weighted by molar-refractivity contribution is 9.10. The minimum atomic E-state index is -0.640. The average molecular weight is 295 g/mol. The quantitative estimate of drug-likeness (QED) is 0.809. The summed E-state index contributed by atoms with van der Waals surface area (Å²) in [7, 11) is 1.51. The van der Waals surface area contributed by atoms with Crippen molar-refractivity contribution in [1.29, 1.82) is 0 Å². The van der Waals surface area contributed by atoms with Crippen LogP contribution >= 0.6 is 15.9 Å². The molecule has 3 nitrogen and oxygen atoms in total. The van der Waals surface area contributed by atoms with Gasteiger partial charge < -0.3 is 9.15 Å². The zero-order valence-electron chi connectivity index (χ0n) is 9.22. The van der Waals surface area contributed by atoms with Crippen molar-refractivity contribution in [2.75, 3.05) is 7.11 Å². The van der Waals surface area contributed by atoms with Crippen LogP contribution in [0.1, 0.15) is 22.2 Å². The Hall–Kier alpha value is -1.39. The van der Waals surface area contributed by atoms with E-state index in [1.807, 2.05) is 30.3 Å². The molecule has 2 aromatic rings. The molecule has 1 aromatic heterocycles. The van der Waals surface area contributed by atoms with E-state index in [1.165, 1.54) is 13.4 Å². The standard InChI is InChI=1S/C13H11BrO3/c1-16-12(9-5-3-2-4-6-9)11(15)13-10(14)7-8-17-13/h2-8,12H,1H3. The number of hydrogen-bond acceptors (Lipinski definition) is 3. The van der Waals surface area contributed by atoms with Gasteiger partial charge in [-0.2, -0.15) is 0 Å². The summed E-state index contributed by atoms with van der Waals surface area (Å²) in [6.07, 6.45) is 0.827. The molecule has 1 atom stereocenters. The molecule has 1 aromatic carbocycles. The highest BCUT2D eigenvalue weighted by Crippen LogP contribution is 2.26. The smallest absolute Gasteiger partial charge is 0.232 e. The van der Waals surface area contributed by atoms with Crippen LogP contribution in [0.15, 0.2) is 51.6 Å². The highest BCUT2D eigenvalue weighted by atomic mass is 79.9. The summed E-state index contributed by atoms with van der Waals surface area (Å²) in [6.45, 7) is 0. The zero-order valence-corrected chi connectivity index (χ0v) is 10.8. The van der Waals surface area contributed by atoms with Crippen LogP contribution in [0.25, 0.3) is 0 Å². The lowest BCUT2D eigenvalue weighted by molar-refractivity contribution is 0.0575. The molecule has 0 N–H and O–H groups in total. The average Bonchev–Trinajstić information content (AvgIpc) is 2.77. The van der Waals surface area contributed by atoms with Crippen molar-refractivity contribution >= 4 is 21.7 Å². The number of furan rings is 1. The van der Waals surface area contributed by atoms with Gasteiger partial charge >= 0.3 is 0 Å². The SMILES string of the molecule is COC(C(=O)c1occc1Br)c1ccccc1. The number of halogens is 1. The summed E-state index contributed by atoms with van der Waals surface area (Å²) in [5.41, 5.74) is 0.809. The maximum Gasteiger partial charge on any atom is 0.232 e. The van der Waals surface area contributed by atoms with Crippen LogP contribution in [0.4, 0.5) is 0 Å². The number of hydrogen-bond donors (Lipinski definition) is 0. The van der Waals surface area contributed by atoms with Crippen molar-refractivity contribution in [3.05, 3.63) is 58.5 Å². The lowest BCUT2D eigenvalue weighted by atomic mass is 10.0. The fourth-order valence-corrected chi connectivity index (χ4v) is 2.01. The molecular weight excluding hydrogens is 284 g/mol. The van der Waals surface area contributed by atoms with E-state index in [0.717, 1.165) is 5.56 Å². The fraction of sp³-hybridized carbons (Fsp3) is 0.154. The second kappa shape index (κ2) is 5.29. The Morgan fingerprint density at radius 2 is 2.00 bits per heavy atom. The molecule has 2 rings (SSSR count). The number of rotatable bonds is 4. The van der Waals surface area contributed by atoms with Gasteiger partial charge in [0.05, 0.1) is 10.7 Å². The molecule has 0 amide bonds. The third-order valence-corrected chi connectivity index (χ3v) is 3.04. The van der Waals surface area contributed by atoms with E-state index in [0.29, 0.717) is 4.47 Å². The van der Waals surface area contributed by atoms with Crippen LogP contribution in [0.5, 0.6) is 0 Å². The second-order valence-corrected chi connectivity index (χ2v) is 4.34. The van der Waals surface area contributed by atoms with Gasteiger partial charge in [-0.15, -0.1) is 0 Å². The molecule has 0 bridgehead atoms. The summed E-state index contributed by atoms with van der Waals surface area (Å²) in [4.78, 5) is 12.2. The van der Waals surface area contributed by atoms with Crippen LogP contribution in [0.3, 0.4) is 0 Å². The molecule has 0 aliphatic heterocycles. The molecule has 1 unspecified atom stereocenters. The Kier molecular flexibility index (Phi) is 3.76. The van der Waals surface area contributed by atoms with Gasteiger partial charge in [0.2, 0.25) is 5.78 Å². The van der Waals surface area contributed by atoms with Crippen molar-refractivity contribution in [2.45, 2.75) is 6.10 Å². The van der Waals surface area contributed by atoms with Crippen LogP contribution < -0.4 is 0 Å². The van der Waals surface area contributed by atoms with Gasteiger partial charge in [0.1, 0.15) is 6.10 Å². The number of ether oxygens (including phenoxy) is 1. The Labute approximate surface area is 108 Å². The largest absolute Gasteiger partial charge is 0.460 e. The molecule has 4 heteroatoms. The summed E-state index contributed by atoms with van der Waals surface area (Å²) in [5.74, 6) is 0.0799. The molecular formula is C13H11BrO3. The Bertz CT molecular complexity index is 504. The molecule has 0 fully saturated rings. The second-order valence-electron chi connectivity index (χ2n) is 3.49. The predicted octanol–water partition coefficient (Wildman–Crippen LogP) is 3.61. The van der Waals surface area contributed by atoms with Crippen LogP contribution in [0.2, 0.25) is 0 Å². The van der Waals surface area contributed by atoms with Gasteiger partial charge in [-0.25, -0.2) is 0 Å². The van der Waals surface area contributed by atoms with E-state index in [9.17, 15) is 4.79 Å². The maximum absolute atomic E-state index is 12.2. The topological polar surface area (TPSA) is 39.4 Å². The number of benzene rings is 1. The van der Waals surface area contributed by atoms with Gasteiger partial charge in [0, 0.05) is 7.11 Å². The van der Waals surface area contributed by atoms with E-state index < -0.39 is 6.10 Å². The first-order valence-electron chi connectivity index (χ1n) is 5.09. The summed E-state index contributed by atoms with van der Waals surface area (Å²) in [5, 5.41) is 0. The molecule has 0 radical (unpaired) electrons. The summed E-state index contributed by atoms with van der Waals surface area (Å²) < 4.78 is 11.0. The Balaban J connectivity index is 2.32. The first-order valence-corrected chi connectivity index (χ1v) is 5.88. The van der Waals surface area contributed by atoms with E-state index in [4.69, 9.17) is 9.15 Å². The fourth-order valence-electron chi connectivity index (χ4n) is 1.61. The first kappa shape index (κ1) is 12.1. The molecule has 0 aliphatic carbocycles. The van der Waals surface area contributed by atoms with Crippen molar-refractivity contribution in [3.63, 3.8) is 0 Å². The van der Waals surface area contributed by atoms with Crippen molar-refractivity contribution in [1.82, 2.24) is 0 Å². The Morgan fingerprint density at radius 1 is 1.29 bits per heavy atom. The number of methoxy groups -OCH3 is 1. The first-order chi connectivity index (χ1) is 8.24. The number of Topliss-reactive ketones (excluding diaryl/α,β-unsaturated/α-hetero) is 1. The molecule has 0 saturated heterocycles. The lowest BCUT2D eigenvalue weighted by Crippen LogP contribution is -2.14. The van der Waals surface area contributed by atoms with E-state index in [2.05, 4.69) is 15.9 Å². The minimum absolute atomic E-state index is 0.199. The van der Waals surface area contributed by atoms with Crippen LogP contribution in [0, 0.1) is 0 Å². The van der Waals surface area contributed by atoms with Gasteiger partial charge in [0.15, 0.2) is 5.76 Å². The van der Waals surface area contributed by atoms with E-state index >= 15 is 0 Å². The Morgan fingerprint density at radius 3 is 2.53 bits per heavy atom. The van der Waals surface area contributed by atoms with Crippen molar-refractivity contribution < 1.29 is 13.9 Å².